The second-order valence-electron chi connectivity index (χ2n) is 6.82. The summed E-state index contributed by atoms with van der Waals surface area (Å²) in [6.45, 7) is 9.38. The first kappa shape index (κ1) is 16.0. The van der Waals surface area contributed by atoms with Gasteiger partial charge < -0.3 is 5.32 Å². The van der Waals surface area contributed by atoms with Crippen LogP contribution in [0.4, 0.5) is 0 Å². The number of thiophene rings is 1. The number of aryl methyl sites for hydroxylation is 1. The highest BCUT2D eigenvalue weighted by Crippen LogP contribution is 2.39. The van der Waals surface area contributed by atoms with E-state index in [2.05, 4.69) is 42.9 Å². The Bertz CT molecular complexity index is 358. The largest absolute Gasteiger partial charge is 0.317 e. The van der Waals surface area contributed by atoms with Crippen LogP contribution in [0.2, 0.25) is 0 Å². The molecule has 1 aromatic rings. The summed E-state index contributed by atoms with van der Waals surface area (Å²) in [5.41, 5.74) is 1.55. The van der Waals surface area contributed by atoms with Crippen molar-refractivity contribution in [3.05, 3.63) is 22.4 Å². The van der Waals surface area contributed by atoms with Crippen molar-refractivity contribution in [2.24, 2.45) is 23.7 Å². The Hall–Kier alpha value is -0.340. The van der Waals surface area contributed by atoms with Crippen molar-refractivity contribution in [2.75, 3.05) is 13.1 Å². The van der Waals surface area contributed by atoms with E-state index < -0.39 is 0 Å². The third-order valence-corrected chi connectivity index (χ3v) is 5.90. The van der Waals surface area contributed by atoms with Crippen LogP contribution in [0.5, 0.6) is 0 Å². The van der Waals surface area contributed by atoms with Crippen LogP contribution in [0, 0.1) is 23.7 Å². The normalized spacial score (nSPS) is 27.1. The van der Waals surface area contributed by atoms with Gasteiger partial charge in [-0.05, 0) is 91.3 Å². The average Bonchev–Trinajstić information content (AvgIpc) is 2.96. The maximum absolute atomic E-state index is 3.59. The van der Waals surface area contributed by atoms with E-state index in [9.17, 15) is 0 Å². The molecule has 1 N–H and O–H groups in total. The predicted octanol–water partition coefficient (Wildman–Crippen LogP) is 4.98. The zero-order chi connectivity index (χ0) is 14.4. The minimum atomic E-state index is 0.860. The van der Waals surface area contributed by atoms with Gasteiger partial charge in [0.05, 0.1) is 0 Å². The molecule has 0 spiro atoms. The zero-order valence-electron chi connectivity index (χ0n) is 13.4. The third kappa shape index (κ3) is 4.60. The number of hydrogen-bond donors (Lipinski definition) is 1. The molecule has 1 aliphatic rings. The summed E-state index contributed by atoms with van der Waals surface area (Å²) in [5, 5.41) is 8.12. The molecule has 1 aliphatic carbocycles. The Morgan fingerprint density at radius 3 is 2.80 bits per heavy atom. The molecule has 1 heterocycles. The molecular weight excluding hydrogens is 262 g/mol. The SMILES string of the molecule is CCNCC1CCC(C(C)C)CC1CCc1ccsc1. The third-order valence-electron chi connectivity index (χ3n) is 5.16. The number of rotatable bonds is 7. The smallest absolute Gasteiger partial charge is 0.00180 e. The van der Waals surface area contributed by atoms with Crippen LogP contribution in [0.3, 0.4) is 0 Å². The Kier molecular flexibility index (Phi) is 6.57. The van der Waals surface area contributed by atoms with Crippen LogP contribution in [0.1, 0.15) is 52.0 Å². The molecule has 0 saturated heterocycles. The van der Waals surface area contributed by atoms with Gasteiger partial charge in [-0.3, -0.25) is 0 Å². The van der Waals surface area contributed by atoms with E-state index in [1.807, 2.05) is 11.3 Å². The summed E-state index contributed by atoms with van der Waals surface area (Å²) >= 11 is 1.83. The maximum atomic E-state index is 3.59. The molecule has 2 heteroatoms. The zero-order valence-corrected chi connectivity index (χ0v) is 14.2. The van der Waals surface area contributed by atoms with E-state index in [-0.39, 0.29) is 0 Å². The van der Waals surface area contributed by atoms with Crippen LogP contribution in [-0.2, 0) is 6.42 Å². The molecule has 3 unspecified atom stereocenters. The van der Waals surface area contributed by atoms with E-state index in [4.69, 9.17) is 0 Å². The lowest BCUT2D eigenvalue weighted by Gasteiger charge is -2.38. The van der Waals surface area contributed by atoms with Crippen molar-refractivity contribution < 1.29 is 0 Å². The Labute approximate surface area is 129 Å². The van der Waals surface area contributed by atoms with Gasteiger partial charge in [0.15, 0.2) is 0 Å². The highest BCUT2D eigenvalue weighted by Gasteiger charge is 2.31. The number of hydrogen-bond acceptors (Lipinski definition) is 2. The van der Waals surface area contributed by atoms with Gasteiger partial charge in [0.25, 0.3) is 0 Å². The first-order valence-electron chi connectivity index (χ1n) is 8.42. The van der Waals surface area contributed by atoms with Gasteiger partial charge in [-0.15, -0.1) is 0 Å². The highest BCUT2D eigenvalue weighted by atomic mass is 32.1. The van der Waals surface area contributed by atoms with Gasteiger partial charge in [0, 0.05) is 0 Å². The summed E-state index contributed by atoms with van der Waals surface area (Å²) in [4.78, 5) is 0. The van der Waals surface area contributed by atoms with E-state index in [0.717, 1.165) is 30.2 Å². The molecule has 2 rings (SSSR count). The van der Waals surface area contributed by atoms with E-state index in [0.29, 0.717) is 0 Å². The topological polar surface area (TPSA) is 12.0 Å². The predicted molar refractivity (Wildman–Crippen MR) is 90.3 cm³/mol. The van der Waals surface area contributed by atoms with Crippen LogP contribution in [-0.4, -0.2) is 13.1 Å². The molecule has 0 radical (unpaired) electrons. The van der Waals surface area contributed by atoms with Crippen molar-refractivity contribution in [2.45, 2.75) is 52.9 Å². The molecule has 0 amide bonds. The first-order chi connectivity index (χ1) is 9.70. The Morgan fingerprint density at radius 1 is 1.30 bits per heavy atom. The second-order valence-corrected chi connectivity index (χ2v) is 7.60. The van der Waals surface area contributed by atoms with Crippen molar-refractivity contribution in [1.82, 2.24) is 5.32 Å². The van der Waals surface area contributed by atoms with Gasteiger partial charge in [-0.1, -0.05) is 20.8 Å². The van der Waals surface area contributed by atoms with Gasteiger partial charge in [0.2, 0.25) is 0 Å². The molecule has 1 aromatic heterocycles. The van der Waals surface area contributed by atoms with Gasteiger partial charge >= 0.3 is 0 Å². The summed E-state index contributed by atoms with van der Waals surface area (Å²) in [7, 11) is 0. The van der Waals surface area contributed by atoms with Gasteiger partial charge in [-0.2, -0.15) is 11.3 Å². The molecule has 1 fully saturated rings. The quantitative estimate of drug-likeness (QED) is 0.747. The fraction of sp³-hybridized carbons (Fsp3) is 0.778. The Morgan fingerprint density at radius 2 is 2.15 bits per heavy atom. The molecule has 1 saturated carbocycles. The maximum Gasteiger partial charge on any atom is -0.00180 e. The minimum Gasteiger partial charge on any atom is -0.317 e. The fourth-order valence-corrected chi connectivity index (χ4v) is 4.41. The highest BCUT2D eigenvalue weighted by molar-refractivity contribution is 7.07. The summed E-state index contributed by atoms with van der Waals surface area (Å²) in [5.74, 6) is 3.65. The van der Waals surface area contributed by atoms with E-state index in [1.165, 1.54) is 38.6 Å². The van der Waals surface area contributed by atoms with Crippen LogP contribution < -0.4 is 5.32 Å². The second kappa shape index (κ2) is 8.19. The molecule has 0 bridgehead atoms. The average molecular weight is 294 g/mol. The summed E-state index contributed by atoms with van der Waals surface area (Å²) < 4.78 is 0. The molecule has 20 heavy (non-hydrogen) atoms. The van der Waals surface area contributed by atoms with Crippen LogP contribution >= 0.6 is 11.3 Å². The molecule has 114 valence electrons. The van der Waals surface area contributed by atoms with Crippen molar-refractivity contribution in [3.8, 4) is 0 Å². The monoisotopic (exact) mass is 293 g/mol. The first-order valence-corrected chi connectivity index (χ1v) is 9.36. The molecule has 0 aromatic carbocycles. The van der Waals surface area contributed by atoms with Crippen molar-refractivity contribution >= 4 is 11.3 Å². The Balaban J connectivity index is 1.90. The van der Waals surface area contributed by atoms with Crippen LogP contribution in [0.25, 0.3) is 0 Å². The fourth-order valence-electron chi connectivity index (χ4n) is 3.71. The minimum absolute atomic E-state index is 0.860. The lowest BCUT2D eigenvalue weighted by atomic mass is 9.69. The molecular formula is C18H31NS. The van der Waals surface area contributed by atoms with Gasteiger partial charge in [-0.25, -0.2) is 0 Å². The summed E-state index contributed by atoms with van der Waals surface area (Å²) in [6, 6.07) is 2.30. The van der Waals surface area contributed by atoms with E-state index in [1.54, 1.807) is 5.56 Å². The van der Waals surface area contributed by atoms with Crippen molar-refractivity contribution in [3.63, 3.8) is 0 Å². The van der Waals surface area contributed by atoms with Crippen LogP contribution in [0.15, 0.2) is 16.8 Å². The lowest BCUT2D eigenvalue weighted by molar-refractivity contribution is 0.138. The lowest BCUT2D eigenvalue weighted by Crippen LogP contribution is -2.34. The number of nitrogens with one attached hydrogen (secondary N) is 1. The molecule has 3 atom stereocenters. The molecule has 1 nitrogen and oxygen atoms in total. The standard InChI is InChI=1S/C18H31NS/c1-4-19-12-18-8-7-16(14(2)3)11-17(18)6-5-15-9-10-20-13-15/h9-10,13-14,16-19H,4-8,11-12H2,1-3H3. The van der Waals surface area contributed by atoms with E-state index >= 15 is 0 Å². The van der Waals surface area contributed by atoms with Gasteiger partial charge in [0.1, 0.15) is 0 Å². The summed E-state index contributed by atoms with van der Waals surface area (Å²) in [6.07, 6.45) is 7.00. The molecule has 0 aliphatic heterocycles. The van der Waals surface area contributed by atoms with Crippen molar-refractivity contribution in [1.29, 1.82) is 0 Å².